The summed E-state index contributed by atoms with van der Waals surface area (Å²) in [5.74, 6) is 2.31. The van der Waals surface area contributed by atoms with Gasteiger partial charge in [0.15, 0.2) is 16.6 Å². The van der Waals surface area contributed by atoms with E-state index in [4.69, 9.17) is 26.4 Å². The van der Waals surface area contributed by atoms with Crippen LogP contribution in [0, 0.1) is 13.8 Å². The zero-order valence-electron chi connectivity index (χ0n) is 20.3. The summed E-state index contributed by atoms with van der Waals surface area (Å²) in [5, 5.41) is 4.19. The molecule has 0 bridgehead atoms. The van der Waals surface area contributed by atoms with E-state index >= 15 is 0 Å². The number of aromatic nitrogens is 2. The Morgan fingerprint density at radius 1 is 0.972 bits per heavy atom. The number of aryl methyl sites for hydroxylation is 1. The van der Waals surface area contributed by atoms with Crippen LogP contribution in [0.25, 0.3) is 5.69 Å². The van der Waals surface area contributed by atoms with Gasteiger partial charge in [-0.05, 0) is 74.1 Å². The molecule has 2 atom stereocenters. The van der Waals surface area contributed by atoms with Crippen molar-refractivity contribution in [3.8, 4) is 22.9 Å². The normalized spacial score (nSPS) is 18.4. The van der Waals surface area contributed by atoms with Crippen LogP contribution in [-0.2, 0) is 0 Å². The van der Waals surface area contributed by atoms with Crippen LogP contribution in [0.1, 0.15) is 34.7 Å². The average molecular weight is 499 g/mol. The number of rotatable bonds is 5. The Morgan fingerprint density at radius 2 is 1.83 bits per heavy atom. The van der Waals surface area contributed by atoms with Crippen molar-refractivity contribution in [2.45, 2.75) is 25.9 Å². The fraction of sp³-hybridized carbons (Fsp3) is 0.214. The van der Waals surface area contributed by atoms with Gasteiger partial charge in [-0.3, -0.25) is 4.98 Å². The van der Waals surface area contributed by atoms with Gasteiger partial charge in [-0.15, -0.1) is 0 Å². The van der Waals surface area contributed by atoms with E-state index in [0.29, 0.717) is 5.11 Å². The lowest BCUT2D eigenvalue weighted by molar-refractivity contribution is 0.174. The molecule has 36 heavy (non-hydrogen) atoms. The summed E-state index contributed by atoms with van der Waals surface area (Å²) < 4.78 is 18.9. The number of thiocarbonyl (C=S) groups is 1. The monoisotopic (exact) mass is 498 g/mol. The number of nitrogens with zero attached hydrogens (tertiary/aromatic N) is 3. The first-order chi connectivity index (χ1) is 17.5. The molecule has 2 aliphatic rings. The van der Waals surface area contributed by atoms with Crippen LogP contribution in [0.4, 0.5) is 5.69 Å². The minimum atomic E-state index is -0.129. The molecule has 1 saturated heterocycles. The quantitative estimate of drug-likeness (QED) is 0.370. The molecule has 0 unspecified atom stereocenters. The second kappa shape index (κ2) is 8.87. The third-order valence-electron chi connectivity index (χ3n) is 6.83. The predicted molar refractivity (Wildman–Crippen MR) is 142 cm³/mol. The molecule has 0 saturated carbocycles. The van der Waals surface area contributed by atoms with Crippen molar-refractivity contribution >= 4 is 23.0 Å². The molecular formula is C28H26N4O3S. The highest BCUT2D eigenvalue weighted by atomic mass is 32.1. The largest absolute Gasteiger partial charge is 0.497 e. The lowest BCUT2D eigenvalue weighted by Gasteiger charge is -2.28. The number of fused-ring (bicyclic) bond motifs is 1. The standard InChI is InChI=1S/C28H26N4O3S/c1-17-13-22(18(2)31(17)20-10-11-24-25(15-20)35-16-34-24)27-26(23-9-4-5-12-29-23)30-28(36)32(27)19-7-6-8-21(14-19)33-3/h4-15,26-27H,16H2,1-3H3,(H,30,36)/t26-,27+/m0/s1. The van der Waals surface area contributed by atoms with Crippen LogP contribution in [0.5, 0.6) is 17.2 Å². The van der Waals surface area contributed by atoms with Crippen molar-refractivity contribution in [1.29, 1.82) is 0 Å². The minimum absolute atomic E-state index is 0.117. The van der Waals surface area contributed by atoms with Crippen molar-refractivity contribution in [2.75, 3.05) is 18.8 Å². The number of ether oxygens (including phenoxy) is 3. The van der Waals surface area contributed by atoms with E-state index in [2.05, 4.69) is 51.8 Å². The summed E-state index contributed by atoms with van der Waals surface area (Å²) in [4.78, 5) is 6.85. The van der Waals surface area contributed by atoms with Crippen LogP contribution in [0.3, 0.4) is 0 Å². The van der Waals surface area contributed by atoms with E-state index in [0.717, 1.165) is 51.3 Å². The van der Waals surface area contributed by atoms with Gasteiger partial charge in [-0.2, -0.15) is 0 Å². The van der Waals surface area contributed by atoms with E-state index in [-0.39, 0.29) is 18.9 Å². The van der Waals surface area contributed by atoms with Gasteiger partial charge < -0.3 is 29.0 Å². The highest BCUT2D eigenvalue weighted by molar-refractivity contribution is 7.80. The van der Waals surface area contributed by atoms with Crippen molar-refractivity contribution in [2.24, 2.45) is 0 Å². The van der Waals surface area contributed by atoms with Gasteiger partial charge in [-0.1, -0.05) is 12.1 Å². The zero-order chi connectivity index (χ0) is 24.8. The number of hydrogen-bond donors (Lipinski definition) is 1. The molecule has 182 valence electrons. The summed E-state index contributed by atoms with van der Waals surface area (Å²) in [6.07, 6.45) is 1.82. The van der Waals surface area contributed by atoms with Gasteiger partial charge in [0.2, 0.25) is 6.79 Å². The Bertz CT molecular complexity index is 1450. The lowest BCUT2D eigenvalue weighted by atomic mass is 9.96. The number of hydrogen-bond acceptors (Lipinski definition) is 5. The Kier molecular flexibility index (Phi) is 5.53. The molecule has 4 aromatic rings. The van der Waals surface area contributed by atoms with Crippen molar-refractivity contribution in [3.63, 3.8) is 0 Å². The Labute approximate surface area is 215 Å². The van der Waals surface area contributed by atoms with Crippen LogP contribution in [0.15, 0.2) is 72.9 Å². The van der Waals surface area contributed by atoms with E-state index in [1.807, 2.05) is 54.7 Å². The molecule has 8 heteroatoms. The van der Waals surface area contributed by atoms with Crippen LogP contribution in [0.2, 0.25) is 0 Å². The highest BCUT2D eigenvalue weighted by Crippen LogP contribution is 2.44. The van der Waals surface area contributed by atoms with Crippen LogP contribution in [-0.4, -0.2) is 28.6 Å². The Balaban J connectivity index is 1.50. The number of methoxy groups -OCH3 is 1. The fourth-order valence-electron chi connectivity index (χ4n) is 5.22. The third-order valence-corrected chi connectivity index (χ3v) is 7.15. The molecule has 2 aromatic heterocycles. The SMILES string of the molecule is COc1cccc(N2C(=S)N[C@@H](c3ccccn3)[C@H]2c2cc(C)n(-c3ccc4c(c3)OCO4)c2C)c1. The van der Waals surface area contributed by atoms with Crippen molar-refractivity contribution < 1.29 is 14.2 Å². The van der Waals surface area contributed by atoms with Gasteiger partial charge in [0.1, 0.15) is 5.75 Å². The van der Waals surface area contributed by atoms with Gasteiger partial charge in [0.05, 0.1) is 24.9 Å². The molecule has 0 spiro atoms. The van der Waals surface area contributed by atoms with Gasteiger partial charge in [0.25, 0.3) is 0 Å². The van der Waals surface area contributed by atoms with E-state index in [1.165, 1.54) is 0 Å². The molecular weight excluding hydrogens is 472 g/mol. The van der Waals surface area contributed by atoms with Crippen LogP contribution < -0.4 is 24.4 Å². The van der Waals surface area contributed by atoms with E-state index in [1.54, 1.807) is 7.11 Å². The zero-order valence-corrected chi connectivity index (χ0v) is 21.1. The maximum absolute atomic E-state index is 5.90. The maximum atomic E-state index is 5.90. The molecule has 1 fully saturated rings. The number of nitrogens with one attached hydrogen (secondary N) is 1. The minimum Gasteiger partial charge on any atom is -0.497 e. The summed E-state index contributed by atoms with van der Waals surface area (Å²) in [6.45, 7) is 4.51. The summed E-state index contributed by atoms with van der Waals surface area (Å²) in [5.41, 5.74) is 6.32. The summed E-state index contributed by atoms with van der Waals surface area (Å²) >= 11 is 5.90. The molecule has 2 aliphatic heterocycles. The molecule has 4 heterocycles. The van der Waals surface area contributed by atoms with Crippen molar-refractivity contribution in [1.82, 2.24) is 14.9 Å². The maximum Gasteiger partial charge on any atom is 0.231 e. The van der Waals surface area contributed by atoms with Gasteiger partial charge >= 0.3 is 0 Å². The van der Waals surface area contributed by atoms with Crippen molar-refractivity contribution in [3.05, 3.63) is 95.6 Å². The smallest absolute Gasteiger partial charge is 0.231 e. The predicted octanol–water partition coefficient (Wildman–Crippen LogP) is 5.40. The van der Waals surface area contributed by atoms with Crippen LogP contribution >= 0.6 is 12.2 Å². The lowest BCUT2D eigenvalue weighted by Crippen LogP contribution is -2.29. The second-order valence-electron chi connectivity index (χ2n) is 8.90. The molecule has 1 N–H and O–H groups in total. The molecule has 0 radical (unpaired) electrons. The summed E-state index contributed by atoms with van der Waals surface area (Å²) in [6, 6.07) is 22.0. The fourth-order valence-corrected chi connectivity index (χ4v) is 5.56. The second-order valence-corrected chi connectivity index (χ2v) is 9.28. The molecule has 2 aromatic carbocycles. The highest BCUT2D eigenvalue weighted by Gasteiger charge is 2.42. The topological polar surface area (TPSA) is 60.8 Å². The Hall–Kier alpha value is -4.04. The number of anilines is 1. The third kappa shape index (κ3) is 3.65. The van der Waals surface area contributed by atoms with Gasteiger partial charge in [0, 0.05) is 41.1 Å². The van der Waals surface area contributed by atoms with Gasteiger partial charge in [-0.25, -0.2) is 0 Å². The van der Waals surface area contributed by atoms with E-state index in [9.17, 15) is 0 Å². The molecule has 7 nitrogen and oxygen atoms in total. The number of pyridine rings is 1. The first-order valence-corrected chi connectivity index (χ1v) is 12.2. The molecule has 0 amide bonds. The molecule has 6 rings (SSSR count). The first kappa shape index (κ1) is 22.4. The summed E-state index contributed by atoms with van der Waals surface area (Å²) in [7, 11) is 1.67. The molecule has 0 aliphatic carbocycles. The average Bonchev–Trinajstić information content (AvgIpc) is 3.59. The number of benzene rings is 2. The van der Waals surface area contributed by atoms with E-state index < -0.39 is 0 Å². The first-order valence-electron chi connectivity index (χ1n) is 11.8. The Morgan fingerprint density at radius 3 is 2.64 bits per heavy atom.